The third kappa shape index (κ3) is 1.95. The molecule has 1 aromatic heterocycles. The smallest absolute Gasteiger partial charge is 0.310 e. The molecule has 0 saturated carbocycles. The van der Waals surface area contributed by atoms with Crippen molar-refractivity contribution in [2.24, 2.45) is 0 Å². The Balaban J connectivity index is 2.37. The number of aryl methyl sites for hydroxylation is 1. The number of hydrogen-bond acceptors (Lipinski definition) is 3. The van der Waals surface area contributed by atoms with Gasteiger partial charge in [-0.15, -0.1) is 5.10 Å². The van der Waals surface area contributed by atoms with E-state index in [-0.39, 0.29) is 5.56 Å². The molecule has 20 heavy (non-hydrogen) atoms. The van der Waals surface area contributed by atoms with Crippen LogP contribution in [0.25, 0.3) is 22.0 Å². The molecule has 0 saturated heterocycles. The molecule has 0 aliphatic carbocycles. The van der Waals surface area contributed by atoms with Crippen LogP contribution in [0.3, 0.4) is 0 Å². The minimum Gasteiger partial charge on any atom is -0.397 e. The molecule has 1 heterocycles. The first kappa shape index (κ1) is 12.4. The van der Waals surface area contributed by atoms with E-state index in [1.54, 1.807) is 6.07 Å². The highest BCUT2D eigenvalue weighted by atomic mass is 16.7. The second-order valence-corrected chi connectivity index (χ2v) is 4.62. The third-order valence-corrected chi connectivity index (χ3v) is 3.28. The summed E-state index contributed by atoms with van der Waals surface area (Å²) in [6.07, 6.45) is 0. The van der Waals surface area contributed by atoms with Gasteiger partial charge in [0.05, 0.1) is 5.39 Å². The van der Waals surface area contributed by atoms with Crippen molar-refractivity contribution < 1.29 is 4.84 Å². The standard InChI is InChI=1S/C16H14N2O2/c1-11-7-9-12(10-8-11)15-13-5-3-4-6-14(13)16(19)18(17-15)20-2/h3-10H,1-2H3. The summed E-state index contributed by atoms with van der Waals surface area (Å²) in [5, 5.41) is 5.73. The van der Waals surface area contributed by atoms with Crippen molar-refractivity contribution in [1.82, 2.24) is 9.94 Å². The summed E-state index contributed by atoms with van der Waals surface area (Å²) >= 11 is 0. The predicted molar refractivity (Wildman–Crippen MR) is 78.7 cm³/mol. The van der Waals surface area contributed by atoms with E-state index in [1.165, 1.54) is 12.7 Å². The van der Waals surface area contributed by atoms with E-state index in [2.05, 4.69) is 5.10 Å². The highest BCUT2D eigenvalue weighted by molar-refractivity contribution is 5.93. The maximum Gasteiger partial charge on any atom is 0.310 e. The van der Waals surface area contributed by atoms with Crippen molar-refractivity contribution in [2.45, 2.75) is 6.92 Å². The maximum absolute atomic E-state index is 12.2. The fourth-order valence-electron chi connectivity index (χ4n) is 2.22. The van der Waals surface area contributed by atoms with Gasteiger partial charge < -0.3 is 4.84 Å². The summed E-state index contributed by atoms with van der Waals surface area (Å²) in [5.41, 5.74) is 2.62. The molecule has 2 aromatic carbocycles. The number of nitrogens with zero attached hydrogens (tertiary/aromatic N) is 2. The Morgan fingerprint density at radius 2 is 1.65 bits per heavy atom. The lowest BCUT2D eigenvalue weighted by Gasteiger charge is -2.09. The third-order valence-electron chi connectivity index (χ3n) is 3.28. The van der Waals surface area contributed by atoms with Gasteiger partial charge in [-0.3, -0.25) is 4.79 Å². The average molecular weight is 266 g/mol. The Morgan fingerprint density at radius 3 is 2.30 bits per heavy atom. The lowest BCUT2D eigenvalue weighted by atomic mass is 10.0. The van der Waals surface area contributed by atoms with E-state index in [9.17, 15) is 4.79 Å². The summed E-state index contributed by atoms with van der Waals surface area (Å²) in [7, 11) is 1.43. The highest BCUT2D eigenvalue weighted by Crippen LogP contribution is 2.24. The van der Waals surface area contributed by atoms with Crippen LogP contribution in [0, 0.1) is 6.92 Å². The lowest BCUT2D eigenvalue weighted by Crippen LogP contribution is -2.28. The Hall–Kier alpha value is -2.62. The molecule has 4 heteroatoms. The Bertz CT molecular complexity index is 820. The molecular weight excluding hydrogens is 252 g/mol. The lowest BCUT2D eigenvalue weighted by molar-refractivity contribution is 0.123. The van der Waals surface area contributed by atoms with Gasteiger partial charge in [-0.25, -0.2) is 0 Å². The van der Waals surface area contributed by atoms with Crippen LogP contribution < -0.4 is 10.4 Å². The van der Waals surface area contributed by atoms with Gasteiger partial charge in [0.15, 0.2) is 0 Å². The van der Waals surface area contributed by atoms with Gasteiger partial charge in [0.2, 0.25) is 0 Å². The summed E-state index contributed by atoms with van der Waals surface area (Å²) in [4.78, 5) is 18.2. The van der Waals surface area contributed by atoms with Crippen molar-refractivity contribution in [3.63, 3.8) is 0 Å². The number of fused-ring (bicyclic) bond motifs is 1. The molecule has 0 bridgehead atoms. The molecule has 0 spiro atoms. The number of hydrogen-bond donors (Lipinski definition) is 0. The molecule has 100 valence electrons. The van der Waals surface area contributed by atoms with Crippen LogP contribution in [0.4, 0.5) is 0 Å². The molecule has 0 fully saturated rings. The maximum atomic E-state index is 12.2. The van der Waals surface area contributed by atoms with Crippen LogP contribution in [-0.4, -0.2) is 17.1 Å². The van der Waals surface area contributed by atoms with Gasteiger partial charge in [-0.2, -0.15) is 0 Å². The number of aromatic nitrogens is 2. The normalized spacial score (nSPS) is 10.7. The second kappa shape index (κ2) is 4.81. The fraction of sp³-hybridized carbons (Fsp3) is 0.125. The quantitative estimate of drug-likeness (QED) is 0.715. The van der Waals surface area contributed by atoms with Crippen LogP contribution in [0.5, 0.6) is 0 Å². The highest BCUT2D eigenvalue weighted by Gasteiger charge is 2.11. The average Bonchev–Trinajstić information content (AvgIpc) is 2.49. The van der Waals surface area contributed by atoms with E-state index in [0.29, 0.717) is 5.39 Å². The Labute approximate surface area is 116 Å². The monoisotopic (exact) mass is 266 g/mol. The first-order chi connectivity index (χ1) is 9.70. The molecular formula is C16H14N2O2. The molecule has 0 amide bonds. The molecule has 4 nitrogen and oxygen atoms in total. The zero-order valence-electron chi connectivity index (χ0n) is 11.3. The van der Waals surface area contributed by atoms with Crippen molar-refractivity contribution >= 4 is 10.8 Å². The van der Waals surface area contributed by atoms with Crippen molar-refractivity contribution in [2.75, 3.05) is 7.11 Å². The molecule has 0 radical (unpaired) electrons. The van der Waals surface area contributed by atoms with E-state index < -0.39 is 0 Å². The second-order valence-electron chi connectivity index (χ2n) is 4.62. The van der Waals surface area contributed by atoms with Gasteiger partial charge >= 0.3 is 5.56 Å². The number of rotatable bonds is 2. The van der Waals surface area contributed by atoms with Gasteiger partial charge in [0.1, 0.15) is 12.8 Å². The predicted octanol–water partition coefficient (Wildman–Crippen LogP) is 2.43. The van der Waals surface area contributed by atoms with Crippen molar-refractivity contribution in [3.05, 3.63) is 64.4 Å². The number of benzene rings is 2. The van der Waals surface area contributed by atoms with Crippen LogP contribution in [-0.2, 0) is 0 Å². The molecule has 3 aromatic rings. The Kier molecular flexibility index (Phi) is 2.99. The topological polar surface area (TPSA) is 44.1 Å². The zero-order chi connectivity index (χ0) is 14.1. The van der Waals surface area contributed by atoms with Gasteiger partial charge in [0.25, 0.3) is 0 Å². The minimum atomic E-state index is -0.251. The molecule has 0 aliphatic rings. The van der Waals surface area contributed by atoms with Crippen molar-refractivity contribution in [3.8, 4) is 11.3 Å². The SMILES string of the molecule is COn1nc(-c2ccc(C)cc2)c2ccccc2c1=O. The van der Waals surface area contributed by atoms with Crippen LogP contribution >= 0.6 is 0 Å². The van der Waals surface area contributed by atoms with Crippen LogP contribution in [0.2, 0.25) is 0 Å². The first-order valence-electron chi connectivity index (χ1n) is 6.34. The van der Waals surface area contributed by atoms with E-state index in [4.69, 9.17) is 4.84 Å². The summed E-state index contributed by atoms with van der Waals surface area (Å²) in [6, 6.07) is 15.5. The molecule has 0 atom stereocenters. The Morgan fingerprint density at radius 1 is 1.00 bits per heavy atom. The first-order valence-corrected chi connectivity index (χ1v) is 6.34. The van der Waals surface area contributed by atoms with Gasteiger partial charge in [0, 0.05) is 10.9 Å². The van der Waals surface area contributed by atoms with Gasteiger partial charge in [-0.05, 0) is 13.0 Å². The summed E-state index contributed by atoms with van der Waals surface area (Å²) in [5.74, 6) is 0. The molecule has 0 N–H and O–H groups in total. The summed E-state index contributed by atoms with van der Waals surface area (Å²) in [6.45, 7) is 2.03. The molecule has 0 unspecified atom stereocenters. The van der Waals surface area contributed by atoms with E-state index in [0.717, 1.165) is 21.5 Å². The van der Waals surface area contributed by atoms with Crippen LogP contribution in [0.15, 0.2) is 53.3 Å². The van der Waals surface area contributed by atoms with E-state index in [1.807, 2.05) is 49.4 Å². The van der Waals surface area contributed by atoms with E-state index >= 15 is 0 Å². The minimum absolute atomic E-state index is 0.251. The fourth-order valence-corrected chi connectivity index (χ4v) is 2.22. The largest absolute Gasteiger partial charge is 0.397 e. The molecule has 3 rings (SSSR count). The summed E-state index contributed by atoms with van der Waals surface area (Å²) < 4.78 is 0. The van der Waals surface area contributed by atoms with Gasteiger partial charge in [-0.1, -0.05) is 52.9 Å². The van der Waals surface area contributed by atoms with Crippen LogP contribution in [0.1, 0.15) is 5.56 Å². The zero-order valence-corrected chi connectivity index (χ0v) is 11.3. The van der Waals surface area contributed by atoms with Crippen molar-refractivity contribution in [1.29, 1.82) is 0 Å². The molecule has 0 aliphatic heterocycles.